The van der Waals surface area contributed by atoms with Crippen LogP contribution in [0.25, 0.3) is 0 Å². The van der Waals surface area contributed by atoms with Crippen molar-refractivity contribution >= 4 is 21.8 Å². The predicted molar refractivity (Wildman–Crippen MR) is 108 cm³/mol. The first kappa shape index (κ1) is 18.9. The van der Waals surface area contributed by atoms with Crippen LogP contribution in [0.4, 0.5) is 0 Å². The summed E-state index contributed by atoms with van der Waals surface area (Å²) in [5, 5.41) is 0. The van der Waals surface area contributed by atoms with Gasteiger partial charge in [0, 0.05) is 37.2 Å². The number of rotatable bonds is 5. The van der Waals surface area contributed by atoms with Gasteiger partial charge in [-0.3, -0.25) is 9.69 Å². The van der Waals surface area contributed by atoms with Gasteiger partial charge in [-0.25, -0.2) is 0 Å². The minimum atomic E-state index is 0.0328. The molecule has 0 N–H and O–H groups in total. The predicted octanol–water partition coefficient (Wildman–Crippen LogP) is 4.19. The first-order valence-corrected chi connectivity index (χ1v) is 9.84. The van der Waals surface area contributed by atoms with E-state index in [2.05, 4.69) is 45.1 Å². The van der Waals surface area contributed by atoms with E-state index in [9.17, 15) is 4.79 Å². The number of benzene rings is 2. The highest BCUT2D eigenvalue weighted by Crippen LogP contribution is 2.26. The van der Waals surface area contributed by atoms with Gasteiger partial charge in [0.25, 0.3) is 5.91 Å². The van der Waals surface area contributed by atoms with Gasteiger partial charge < -0.3 is 9.64 Å². The fraction of sp³-hybridized carbons (Fsp3) is 0.381. The van der Waals surface area contributed by atoms with Gasteiger partial charge in [-0.1, -0.05) is 46.3 Å². The number of carbonyl (C=O) groups excluding carboxylic acids is 1. The van der Waals surface area contributed by atoms with Crippen LogP contribution in [-0.4, -0.2) is 48.0 Å². The topological polar surface area (TPSA) is 32.8 Å². The third-order valence-electron chi connectivity index (χ3n) is 4.44. The quantitative estimate of drug-likeness (QED) is 0.732. The number of halogens is 1. The van der Waals surface area contributed by atoms with Crippen LogP contribution in [0.3, 0.4) is 0 Å². The molecule has 5 heteroatoms. The molecule has 26 heavy (non-hydrogen) atoms. The van der Waals surface area contributed by atoms with Gasteiger partial charge in [-0.05, 0) is 37.6 Å². The fourth-order valence-corrected chi connectivity index (χ4v) is 3.51. The smallest absolute Gasteiger partial charge is 0.257 e. The zero-order valence-corrected chi connectivity index (χ0v) is 16.9. The summed E-state index contributed by atoms with van der Waals surface area (Å²) >= 11 is 3.47. The molecule has 0 atom stereocenters. The van der Waals surface area contributed by atoms with E-state index in [1.807, 2.05) is 43.0 Å². The third kappa shape index (κ3) is 4.86. The second kappa shape index (κ2) is 8.69. The Morgan fingerprint density at radius 3 is 2.42 bits per heavy atom. The van der Waals surface area contributed by atoms with E-state index in [-0.39, 0.29) is 12.0 Å². The fourth-order valence-electron chi connectivity index (χ4n) is 3.15. The lowest BCUT2D eigenvalue weighted by Gasteiger charge is -2.35. The van der Waals surface area contributed by atoms with Crippen LogP contribution in [-0.2, 0) is 6.54 Å². The van der Waals surface area contributed by atoms with Gasteiger partial charge in [-0.15, -0.1) is 0 Å². The highest BCUT2D eigenvalue weighted by atomic mass is 79.9. The molecular weight excluding hydrogens is 392 g/mol. The minimum absolute atomic E-state index is 0.0328. The highest BCUT2D eigenvalue weighted by Gasteiger charge is 2.25. The molecule has 0 radical (unpaired) electrons. The third-order valence-corrected chi connectivity index (χ3v) is 4.94. The molecule has 138 valence electrons. The summed E-state index contributed by atoms with van der Waals surface area (Å²) in [5.74, 6) is 0.696. The Morgan fingerprint density at radius 2 is 1.77 bits per heavy atom. The average Bonchev–Trinajstić information content (AvgIpc) is 2.64. The molecule has 1 aliphatic heterocycles. The Labute approximate surface area is 163 Å². The van der Waals surface area contributed by atoms with Gasteiger partial charge in [-0.2, -0.15) is 0 Å². The normalized spacial score (nSPS) is 15.3. The Balaban J connectivity index is 1.64. The molecule has 1 aliphatic rings. The molecule has 3 rings (SSSR count). The van der Waals surface area contributed by atoms with Crippen molar-refractivity contribution in [3.8, 4) is 5.75 Å². The van der Waals surface area contributed by atoms with Crippen LogP contribution < -0.4 is 4.74 Å². The number of nitrogens with zero attached hydrogens (tertiary/aromatic N) is 2. The number of hydrogen-bond acceptors (Lipinski definition) is 3. The summed E-state index contributed by atoms with van der Waals surface area (Å²) in [6, 6.07) is 16.1. The molecule has 0 spiro atoms. The van der Waals surface area contributed by atoms with E-state index in [0.29, 0.717) is 11.3 Å². The maximum atomic E-state index is 13.0. The molecule has 4 nitrogen and oxygen atoms in total. The summed E-state index contributed by atoms with van der Waals surface area (Å²) in [7, 11) is 0. The number of ether oxygens (including phenoxy) is 1. The largest absolute Gasteiger partial charge is 0.490 e. The molecule has 1 heterocycles. The van der Waals surface area contributed by atoms with Crippen LogP contribution in [0.2, 0.25) is 0 Å². The standard InChI is InChI=1S/C21H25BrN2O2/c1-16(2)26-20-9-8-18(22)14-19(20)21(25)24-12-10-23(11-13-24)15-17-6-4-3-5-7-17/h3-9,14,16H,10-13,15H2,1-2H3. The second-order valence-corrected chi connectivity index (χ2v) is 7.78. The van der Waals surface area contributed by atoms with E-state index in [4.69, 9.17) is 4.74 Å². The van der Waals surface area contributed by atoms with Crippen molar-refractivity contribution < 1.29 is 9.53 Å². The van der Waals surface area contributed by atoms with Crippen molar-refractivity contribution in [2.45, 2.75) is 26.5 Å². The van der Waals surface area contributed by atoms with Gasteiger partial charge in [0.15, 0.2) is 0 Å². The molecule has 0 bridgehead atoms. The minimum Gasteiger partial charge on any atom is -0.490 e. The zero-order chi connectivity index (χ0) is 18.5. The van der Waals surface area contributed by atoms with Gasteiger partial charge in [0.05, 0.1) is 11.7 Å². The molecule has 2 aromatic carbocycles. The molecule has 2 aromatic rings. The maximum Gasteiger partial charge on any atom is 0.257 e. The number of hydrogen-bond donors (Lipinski definition) is 0. The maximum absolute atomic E-state index is 13.0. The summed E-state index contributed by atoms with van der Waals surface area (Å²) in [6.45, 7) is 8.11. The summed E-state index contributed by atoms with van der Waals surface area (Å²) in [6.07, 6.45) is 0.0328. The van der Waals surface area contributed by atoms with Crippen LogP contribution >= 0.6 is 15.9 Å². The second-order valence-electron chi connectivity index (χ2n) is 6.86. The molecule has 1 amide bonds. The highest BCUT2D eigenvalue weighted by molar-refractivity contribution is 9.10. The van der Waals surface area contributed by atoms with E-state index in [1.165, 1.54) is 5.56 Å². The van der Waals surface area contributed by atoms with Crippen molar-refractivity contribution in [3.63, 3.8) is 0 Å². The van der Waals surface area contributed by atoms with Crippen molar-refractivity contribution in [1.29, 1.82) is 0 Å². The van der Waals surface area contributed by atoms with E-state index in [0.717, 1.165) is 37.2 Å². The van der Waals surface area contributed by atoms with Crippen LogP contribution in [0, 0.1) is 0 Å². The Morgan fingerprint density at radius 1 is 1.08 bits per heavy atom. The first-order chi connectivity index (χ1) is 12.5. The van der Waals surface area contributed by atoms with Gasteiger partial charge in [0.2, 0.25) is 0 Å². The van der Waals surface area contributed by atoms with Crippen LogP contribution in [0.5, 0.6) is 5.75 Å². The van der Waals surface area contributed by atoms with E-state index in [1.54, 1.807) is 0 Å². The molecule has 1 fully saturated rings. The van der Waals surface area contributed by atoms with Crippen molar-refractivity contribution in [2.75, 3.05) is 26.2 Å². The lowest BCUT2D eigenvalue weighted by molar-refractivity contribution is 0.0623. The number of amides is 1. The Bertz CT molecular complexity index is 741. The summed E-state index contributed by atoms with van der Waals surface area (Å²) in [5.41, 5.74) is 1.94. The first-order valence-electron chi connectivity index (χ1n) is 9.04. The molecule has 0 unspecified atom stereocenters. The summed E-state index contributed by atoms with van der Waals surface area (Å²) in [4.78, 5) is 17.3. The zero-order valence-electron chi connectivity index (χ0n) is 15.3. The van der Waals surface area contributed by atoms with E-state index >= 15 is 0 Å². The average molecular weight is 417 g/mol. The lowest BCUT2D eigenvalue weighted by atomic mass is 10.1. The van der Waals surface area contributed by atoms with E-state index < -0.39 is 0 Å². The van der Waals surface area contributed by atoms with Crippen molar-refractivity contribution in [2.24, 2.45) is 0 Å². The monoisotopic (exact) mass is 416 g/mol. The van der Waals surface area contributed by atoms with Crippen molar-refractivity contribution in [1.82, 2.24) is 9.80 Å². The van der Waals surface area contributed by atoms with Crippen LogP contribution in [0.1, 0.15) is 29.8 Å². The Hall–Kier alpha value is -1.85. The molecule has 0 aliphatic carbocycles. The molecular formula is C21H25BrN2O2. The molecule has 1 saturated heterocycles. The van der Waals surface area contributed by atoms with Crippen molar-refractivity contribution in [3.05, 3.63) is 64.1 Å². The van der Waals surface area contributed by atoms with Gasteiger partial charge >= 0.3 is 0 Å². The SMILES string of the molecule is CC(C)Oc1ccc(Br)cc1C(=O)N1CCN(Cc2ccccc2)CC1. The van der Waals surface area contributed by atoms with Crippen LogP contribution in [0.15, 0.2) is 53.0 Å². The Kier molecular flexibility index (Phi) is 6.33. The van der Waals surface area contributed by atoms with Gasteiger partial charge in [0.1, 0.15) is 5.75 Å². The summed E-state index contributed by atoms with van der Waals surface area (Å²) < 4.78 is 6.72. The molecule has 0 saturated carbocycles. The lowest BCUT2D eigenvalue weighted by Crippen LogP contribution is -2.48. The molecule has 0 aromatic heterocycles. The number of carbonyl (C=O) groups is 1. The number of piperazine rings is 1.